The Balaban J connectivity index is 4.07. The van der Waals surface area contributed by atoms with Gasteiger partial charge in [-0.15, -0.1) is 0 Å². The molecule has 0 aliphatic rings. The fraction of sp³-hybridized carbons (Fsp3) is 0.600. The highest BCUT2D eigenvalue weighted by Crippen LogP contribution is 2.03. The summed E-state index contributed by atoms with van der Waals surface area (Å²) in [5.74, 6) is -1.32. The van der Waals surface area contributed by atoms with Crippen LogP contribution in [0.4, 0.5) is 0 Å². The Labute approximate surface area is 88.8 Å². The van der Waals surface area contributed by atoms with Crippen molar-refractivity contribution in [2.24, 2.45) is 5.92 Å². The van der Waals surface area contributed by atoms with Crippen LogP contribution in [0.5, 0.6) is 0 Å². The molecule has 0 aliphatic heterocycles. The van der Waals surface area contributed by atoms with Crippen LogP contribution in [0.25, 0.3) is 0 Å². The van der Waals surface area contributed by atoms with E-state index < -0.39 is 11.9 Å². The second kappa shape index (κ2) is 7.00. The lowest BCUT2D eigenvalue weighted by Gasteiger charge is -2.16. The third-order valence-corrected chi connectivity index (χ3v) is 1.70. The van der Waals surface area contributed by atoms with Gasteiger partial charge < -0.3 is 15.5 Å². The molecular weight excluding hydrogens is 198 g/mol. The van der Waals surface area contributed by atoms with E-state index in [1.165, 1.54) is 0 Å². The van der Waals surface area contributed by atoms with Gasteiger partial charge >= 0.3 is 5.97 Å². The van der Waals surface area contributed by atoms with Crippen molar-refractivity contribution >= 4 is 11.9 Å². The maximum Gasteiger partial charge on any atom is 0.328 e. The topological polar surface area (TPSA) is 86.6 Å². The van der Waals surface area contributed by atoms with Crippen molar-refractivity contribution in [2.45, 2.75) is 26.3 Å². The Morgan fingerprint density at radius 2 is 1.93 bits per heavy atom. The Morgan fingerprint density at radius 3 is 2.33 bits per heavy atom. The summed E-state index contributed by atoms with van der Waals surface area (Å²) in [4.78, 5) is 21.2. The third-order valence-electron chi connectivity index (χ3n) is 1.70. The maximum atomic E-state index is 11.1. The number of nitrogens with one attached hydrogen (secondary N) is 1. The average Bonchev–Trinajstić information content (AvgIpc) is 2.13. The van der Waals surface area contributed by atoms with Crippen molar-refractivity contribution in [3.8, 4) is 0 Å². The van der Waals surface area contributed by atoms with Gasteiger partial charge in [0.2, 0.25) is 5.91 Å². The molecular formula is C10H17NO4. The van der Waals surface area contributed by atoms with E-state index in [1.807, 2.05) is 13.8 Å². The van der Waals surface area contributed by atoms with Crippen molar-refractivity contribution < 1.29 is 19.8 Å². The predicted octanol–water partition coefficient (Wildman–Crippen LogP) is 0.150. The smallest absolute Gasteiger partial charge is 0.328 e. The highest BCUT2D eigenvalue weighted by Gasteiger charge is 2.11. The number of carboxylic acids is 1. The number of rotatable bonds is 6. The van der Waals surface area contributed by atoms with Gasteiger partial charge in [-0.2, -0.15) is 0 Å². The van der Waals surface area contributed by atoms with Gasteiger partial charge in [-0.05, 0) is 12.3 Å². The van der Waals surface area contributed by atoms with Crippen molar-refractivity contribution in [3.05, 3.63) is 12.2 Å². The number of aliphatic hydroxyl groups is 1. The van der Waals surface area contributed by atoms with E-state index in [2.05, 4.69) is 5.32 Å². The first-order valence-corrected chi connectivity index (χ1v) is 4.78. The zero-order valence-electron chi connectivity index (χ0n) is 8.93. The molecule has 0 rings (SSSR count). The molecule has 15 heavy (non-hydrogen) atoms. The van der Waals surface area contributed by atoms with Crippen molar-refractivity contribution in [1.82, 2.24) is 5.32 Å². The highest BCUT2D eigenvalue weighted by molar-refractivity contribution is 5.93. The Morgan fingerprint density at radius 1 is 1.33 bits per heavy atom. The minimum absolute atomic E-state index is 0.148. The quantitative estimate of drug-likeness (QED) is 0.550. The lowest BCUT2D eigenvalue weighted by atomic mass is 10.0. The molecule has 5 heteroatoms. The molecule has 0 bridgehead atoms. The molecule has 0 unspecified atom stereocenters. The first-order valence-electron chi connectivity index (χ1n) is 4.78. The van der Waals surface area contributed by atoms with E-state index in [9.17, 15) is 9.59 Å². The van der Waals surface area contributed by atoms with Crippen LogP contribution in [-0.2, 0) is 9.59 Å². The normalized spacial score (nSPS) is 13.1. The number of carbonyl (C=O) groups excluding carboxylic acids is 1. The standard InChI is InChI=1S/C10H17NO4/c1-7(2)5-8(6-12)11-9(13)3-4-10(14)15/h3-4,7-8,12H,5-6H2,1-2H3,(H,11,13)(H,14,15)/b4-3+/t8-/m0/s1. The number of carbonyl (C=O) groups is 2. The summed E-state index contributed by atoms with van der Waals surface area (Å²) in [5.41, 5.74) is 0. The second-order valence-corrected chi connectivity index (χ2v) is 3.69. The monoisotopic (exact) mass is 215 g/mol. The lowest BCUT2D eigenvalue weighted by molar-refractivity contribution is -0.131. The number of carboxylic acid groups (broad SMARTS) is 1. The van der Waals surface area contributed by atoms with Crippen LogP contribution in [0.3, 0.4) is 0 Å². The van der Waals surface area contributed by atoms with Gasteiger partial charge in [0.1, 0.15) is 0 Å². The summed E-state index contributed by atoms with van der Waals surface area (Å²) >= 11 is 0. The van der Waals surface area contributed by atoms with Crippen LogP contribution in [0.1, 0.15) is 20.3 Å². The summed E-state index contributed by atoms with van der Waals surface area (Å²) in [7, 11) is 0. The largest absolute Gasteiger partial charge is 0.478 e. The van der Waals surface area contributed by atoms with Crippen LogP contribution >= 0.6 is 0 Å². The summed E-state index contributed by atoms with van der Waals surface area (Å²) < 4.78 is 0. The van der Waals surface area contributed by atoms with Crippen molar-refractivity contribution in [1.29, 1.82) is 0 Å². The summed E-state index contributed by atoms with van der Waals surface area (Å²) in [6, 6.07) is -0.323. The fourth-order valence-electron chi connectivity index (χ4n) is 1.14. The van der Waals surface area contributed by atoms with Crippen LogP contribution in [0, 0.1) is 5.92 Å². The molecule has 0 saturated heterocycles. The number of aliphatic hydroxyl groups excluding tert-OH is 1. The Kier molecular flexibility index (Phi) is 6.37. The zero-order chi connectivity index (χ0) is 11.8. The summed E-state index contributed by atoms with van der Waals surface area (Å²) in [6.45, 7) is 3.80. The molecule has 0 radical (unpaired) electrons. The Bertz CT molecular complexity index is 248. The van der Waals surface area contributed by atoms with E-state index in [0.29, 0.717) is 12.3 Å². The van der Waals surface area contributed by atoms with Crippen LogP contribution < -0.4 is 5.32 Å². The number of hydrogen-bond donors (Lipinski definition) is 3. The molecule has 0 heterocycles. The molecule has 5 nitrogen and oxygen atoms in total. The molecule has 0 fully saturated rings. The number of hydrogen-bond acceptors (Lipinski definition) is 3. The number of aliphatic carboxylic acids is 1. The number of amides is 1. The molecule has 0 aromatic carbocycles. The van der Waals surface area contributed by atoms with Crippen LogP contribution in [-0.4, -0.2) is 34.7 Å². The molecule has 1 amide bonds. The van der Waals surface area contributed by atoms with Crippen LogP contribution in [0.15, 0.2) is 12.2 Å². The molecule has 86 valence electrons. The molecule has 3 N–H and O–H groups in total. The fourth-order valence-corrected chi connectivity index (χ4v) is 1.14. The minimum Gasteiger partial charge on any atom is -0.478 e. The van der Waals surface area contributed by atoms with Gasteiger partial charge in [-0.1, -0.05) is 13.8 Å². The van der Waals surface area contributed by atoms with E-state index >= 15 is 0 Å². The molecule has 0 aromatic heterocycles. The average molecular weight is 215 g/mol. The predicted molar refractivity (Wildman–Crippen MR) is 55.2 cm³/mol. The molecule has 0 spiro atoms. The van der Waals surface area contributed by atoms with E-state index in [0.717, 1.165) is 12.2 Å². The second-order valence-electron chi connectivity index (χ2n) is 3.69. The van der Waals surface area contributed by atoms with E-state index in [4.69, 9.17) is 10.2 Å². The van der Waals surface area contributed by atoms with Crippen molar-refractivity contribution in [2.75, 3.05) is 6.61 Å². The molecule has 0 saturated carbocycles. The van der Waals surface area contributed by atoms with Gasteiger partial charge in [0, 0.05) is 12.2 Å². The Hall–Kier alpha value is -1.36. The van der Waals surface area contributed by atoms with E-state index in [-0.39, 0.29) is 12.6 Å². The molecule has 1 atom stereocenters. The van der Waals surface area contributed by atoms with Crippen LogP contribution in [0.2, 0.25) is 0 Å². The first kappa shape index (κ1) is 13.6. The maximum absolute atomic E-state index is 11.1. The highest BCUT2D eigenvalue weighted by atomic mass is 16.4. The van der Waals surface area contributed by atoms with Gasteiger partial charge in [-0.3, -0.25) is 4.79 Å². The van der Waals surface area contributed by atoms with Gasteiger partial charge in [0.25, 0.3) is 0 Å². The summed E-state index contributed by atoms with van der Waals surface area (Å²) in [5, 5.41) is 19.7. The summed E-state index contributed by atoms with van der Waals surface area (Å²) in [6.07, 6.45) is 2.35. The minimum atomic E-state index is -1.17. The van der Waals surface area contributed by atoms with Crippen molar-refractivity contribution in [3.63, 3.8) is 0 Å². The van der Waals surface area contributed by atoms with Gasteiger partial charge in [-0.25, -0.2) is 4.79 Å². The van der Waals surface area contributed by atoms with Gasteiger partial charge in [0.15, 0.2) is 0 Å². The molecule has 0 aromatic rings. The van der Waals surface area contributed by atoms with E-state index in [1.54, 1.807) is 0 Å². The SMILES string of the molecule is CC(C)C[C@@H](CO)NC(=O)/C=C/C(=O)O. The first-order chi connectivity index (χ1) is 6.95. The molecule has 0 aliphatic carbocycles. The zero-order valence-corrected chi connectivity index (χ0v) is 8.93. The van der Waals surface area contributed by atoms with Gasteiger partial charge in [0.05, 0.1) is 12.6 Å². The lowest BCUT2D eigenvalue weighted by Crippen LogP contribution is -2.37. The third kappa shape index (κ3) is 7.69.